The number of phenols is 1. The van der Waals surface area contributed by atoms with E-state index in [1.807, 2.05) is 30.3 Å². The lowest BCUT2D eigenvalue weighted by molar-refractivity contribution is 0.0593. The minimum absolute atomic E-state index is 0.269. The molecule has 0 saturated heterocycles. The van der Waals surface area contributed by atoms with Crippen LogP contribution in [0.4, 0.5) is 0 Å². The number of thioether (sulfide) groups is 1. The first kappa shape index (κ1) is 15.4. The summed E-state index contributed by atoms with van der Waals surface area (Å²) in [7, 11) is 3.13. The van der Waals surface area contributed by atoms with Crippen LogP contribution in [0, 0.1) is 0 Å². The second-order valence-electron chi connectivity index (χ2n) is 5.09. The molecule has 0 aliphatic heterocycles. The number of phenolic OH excluding ortho intramolecular Hbond substituents is 1. The van der Waals surface area contributed by atoms with Crippen molar-refractivity contribution in [3.8, 4) is 5.75 Å². The molecular weight excluding hydrogens is 312 g/mol. The van der Waals surface area contributed by atoms with E-state index >= 15 is 0 Å². The molecule has 0 aliphatic rings. The number of fused-ring (bicyclic) bond motifs is 1. The Bertz CT molecular complexity index is 873. The summed E-state index contributed by atoms with van der Waals surface area (Å²) in [6, 6.07) is 13.2. The lowest BCUT2D eigenvalue weighted by Crippen LogP contribution is -2.03. The first-order valence-electron chi connectivity index (χ1n) is 7.04. The number of ether oxygens (including phenoxy) is 1. The van der Waals surface area contributed by atoms with Crippen LogP contribution < -0.4 is 0 Å². The fourth-order valence-corrected chi connectivity index (χ4v) is 3.34. The molecule has 0 unspecified atom stereocenters. The Morgan fingerprint density at radius 2 is 2.09 bits per heavy atom. The number of hydrogen-bond acceptors (Lipinski definition) is 5. The average molecular weight is 328 g/mol. The van der Waals surface area contributed by atoms with Crippen molar-refractivity contribution >= 4 is 28.5 Å². The predicted octanol–water partition coefficient (Wildman–Crippen LogP) is 3.36. The third kappa shape index (κ3) is 3.17. The molecule has 2 aromatic carbocycles. The lowest BCUT2D eigenvalue weighted by Gasteiger charge is -2.06. The standard InChI is InChI=1S/C17H16N2O3S/c1-19-12(8-15(18-19)17(21)22-2)10-23-13-7-11-5-3-4-6-14(11)16(20)9-13/h3-9,20H,10H2,1-2H3. The van der Waals surface area contributed by atoms with Crippen LogP contribution in [0.1, 0.15) is 16.2 Å². The van der Waals surface area contributed by atoms with Gasteiger partial charge in [0.05, 0.1) is 7.11 Å². The van der Waals surface area contributed by atoms with Crippen LogP contribution in [0.5, 0.6) is 5.75 Å². The van der Waals surface area contributed by atoms with Gasteiger partial charge in [0.15, 0.2) is 5.69 Å². The quantitative estimate of drug-likeness (QED) is 0.588. The zero-order valence-electron chi connectivity index (χ0n) is 12.8. The molecule has 5 nitrogen and oxygen atoms in total. The summed E-state index contributed by atoms with van der Waals surface area (Å²) in [5, 5.41) is 16.1. The summed E-state index contributed by atoms with van der Waals surface area (Å²) in [4.78, 5) is 12.5. The number of carbonyl (C=O) groups excluding carboxylic acids is 1. The van der Waals surface area contributed by atoms with E-state index in [9.17, 15) is 9.90 Å². The number of aromatic nitrogens is 2. The van der Waals surface area contributed by atoms with Gasteiger partial charge in [-0.25, -0.2) is 4.79 Å². The Morgan fingerprint density at radius 3 is 2.87 bits per heavy atom. The van der Waals surface area contributed by atoms with Crippen LogP contribution in [0.2, 0.25) is 0 Å². The molecule has 0 spiro atoms. The van der Waals surface area contributed by atoms with Crippen molar-refractivity contribution in [3.63, 3.8) is 0 Å². The molecule has 0 bridgehead atoms. The summed E-state index contributed by atoms with van der Waals surface area (Å²) >= 11 is 1.58. The molecule has 1 heterocycles. The van der Waals surface area contributed by atoms with Crippen molar-refractivity contribution in [1.82, 2.24) is 9.78 Å². The molecule has 0 amide bonds. The van der Waals surface area contributed by atoms with E-state index in [4.69, 9.17) is 0 Å². The van der Waals surface area contributed by atoms with Gasteiger partial charge in [-0.1, -0.05) is 24.3 Å². The maximum absolute atomic E-state index is 11.5. The summed E-state index contributed by atoms with van der Waals surface area (Å²) in [5.74, 6) is 0.462. The smallest absolute Gasteiger partial charge is 0.358 e. The van der Waals surface area contributed by atoms with Gasteiger partial charge in [-0.15, -0.1) is 11.8 Å². The second-order valence-corrected chi connectivity index (χ2v) is 6.14. The fraction of sp³-hybridized carbons (Fsp3) is 0.176. The van der Waals surface area contributed by atoms with E-state index in [1.165, 1.54) is 7.11 Å². The van der Waals surface area contributed by atoms with Crippen molar-refractivity contribution in [2.75, 3.05) is 7.11 Å². The highest BCUT2D eigenvalue weighted by molar-refractivity contribution is 7.98. The molecule has 3 rings (SSSR count). The number of carbonyl (C=O) groups is 1. The number of methoxy groups -OCH3 is 1. The number of hydrogen-bond donors (Lipinski definition) is 1. The summed E-state index contributed by atoms with van der Waals surface area (Å²) in [5.41, 5.74) is 1.20. The largest absolute Gasteiger partial charge is 0.507 e. The molecule has 118 valence electrons. The van der Waals surface area contributed by atoms with E-state index < -0.39 is 5.97 Å². The molecule has 6 heteroatoms. The summed E-state index contributed by atoms with van der Waals surface area (Å²) in [6.07, 6.45) is 0. The highest BCUT2D eigenvalue weighted by atomic mass is 32.2. The van der Waals surface area contributed by atoms with Gasteiger partial charge in [-0.2, -0.15) is 5.10 Å². The molecule has 0 atom stereocenters. The van der Waals surface area contributed by atoms with Gasteiger partial charge in [-0.05, 0) is 23.6 Å². The molecule has 0 radical (unpaired) electrons. The maximum atomic E-state index is 11.5. The van der Waals surface area contributed by atoms with Crippen molar-refractivity contribution in [2.45, 2.75) is 10.6 Å². The van der Waals surface area contributed by atoms with Crippen molar-refractivity contribution < 1.29 is 14.6 Å². The van der Waals surface area contributed by atoms with Gasteiger partial charge >= 0.3 is 5.97 Å². The van der Waals surface area contributed by atoms with Gasteiger partial charge in [0.25, 0.3) is 0 Å². The summed E-state index contributed by atoms with van der Waals surface area (Å²) in [6.45, 7) is 0. The monoisotopic (exact) mass is 328 g/mol. The minimum atomic E-state index is -0.444. The molecule has 23 heavy (non-hydrogen) atoms. The topological polar surface area (TPSA) is 64.3 Å². The minimum Gasteiger partial charge on any atom is -0.507 e. The maximum Gasteiger partial charge on any atom is 0.358 e. The first-order valence-corrected chi connectivity index (χ1v) is 8.03. The molecule has 1 N–H and O–H groups in total. The van der Waals surface area contributed by atoms with Crippen LogP contribution in [0.15, 0.2) is 47.4 Å². The number of benzene rings is 2. The van der Waals surface area contributed by atoms with Crippen LogP contribution in [-0.4, -0.2) is 28.0 Å². The molecule has 1 aromatic heterocycles. The van der Waals surface area contributed by atoms with Crippen LogP contribution in [0.25, 0.3) is 10.8 Å². The molecule has 3 aromatic rings. The SMILES string of the molecule is COC(=O)c1cc(CSc2cc(O)c3ccccc3c2)n(C)n1. The van der Waals surface area contributed by atoms with Crippen LogP contribution >= 0.6 is 11.8 Å². The van der Waals surface area contributed by atoms with Crippen LogP contribution in [0.3, 0.4) is 0 Å². The molecule has 0 fully saturated rings. The highest BCUT2D eigenvalue weighted by Crippen LogP contribution is 2.32. The Morgan fingerprint density at radius 1 is 1.30 bits per heavy atom. The first-order chi connectivity index (χ1) is 11.1. The van der Waals surface area contributed by atoms with Crippen molar-refractivity contribution in [2.24, 2.45) is 7.05 Å². The number of esters is 1. The highest BCUT2D eigenvalue weighted by Gasteiger charge is 2.13. The fourth-order valence-electron chi connectivity index (χ4n) is 2.35. The molecular formula is C17H16N2O3S. The van der Waals surface area contributed by atoms with E-state index in [0.29, 0.717) is 11.4 Å². The number of nitrogens with zero attached hydrogens (tertiary/aromatic N) is 2. The number of rotatable bonds is 4. The normalized spacial score (nSPS) is 10.9. The zero-order chi connectivity index (χ0) is 16.4. The Labute approximate surface area is 137 Å². The number of aromatic hydroxyl groups is 1. The third-order valence-electron chi connectivity index (χ3n) is 3.57. The van der Waals surface area contributed by atoms with Gasteiger partial charge < -0.3 is 9.84 Å². The van der Waals surface area contributed by atoms with E-state index in [-0.39, 0.29) is 5.75 Å². The Kier molecular flexibility index (Phi) is 4.25. The van der Waals surface area contributed by atoms with E-state index in [0.717, 1.165) is 21.4 Å². The van der Waals surface area contributed by atoms with Crippen molar-refractivity contribution in [3.05, 3.63) is 53.9 Å². The molecule has 0 saturated carbocycles. The van der Waals surface area contributed by atoms with Gasteiger partial charge in [0.1, 0.15) is 5.75 Å². The average Bonchev–Trinajstić information content (AvgIpc) is 2.93. The van der Waals surface area contributed by atoms with Gasteiger partial charge in [0.2, 0.25) is 0 Å². The Hall–Kier alpha value is -2.47. The van der Waals surface area contributed by atoms with E-state index in [1.54, 1.807) is 35.6 Å². The van der Waals surface area contributed by atoms with E-state index in [2.05, 4.69) is 9.84 Å². The van der Waals surface area contributed by atoms with Crippen LogP contribution in [-0.2, 0) is 17.5 Å². The van der Waals surface area contributed by atoms with Gasteiger partial charge in [0, 0.05) is 28.8 Å². The predicted molar refractivity (Wildman–Crippen MR) is 89.7 cm³/mol. The lowest BCUT2D eigenvalue weighted by atomic mass is 10.1. The zero-order valence-corrected chi connectivity index (χ0v) is 13.6. The number of aryl methyl sites for hydroxylation is 1. The van der Waals surface area contributed by atoms with Gasteiger partial charge in [-0.3, -0.25) is 4.68 Å². The summed E-state index contributed by atoms with van der Waals surface area (Å²) < 4.78 is 6.34. The second kappa shape index (κ2) is 6.34. The molecule has 0 aliphatic carbocycles. The van der Waals surface area contributed by atoms with Crippen molar-refractivity contribution in [1.29, 1.82) is 0 Å². The third-order valence-corrected chi connectivity index (χ3v) is 4.58. The Balaban J connectivity index is 1.81.